The number of carbonyl (C=O) groups excluding carboxylic acids is 2. The lowest BCUT2D eigenvalue weighted by Crippen LogP contribution is -2.53. The Balaban J connectivity index is 1.77. The number of aryl methyl sites for hydroxylation is 2. The third-order valence-electron chi connectivity index (χ3n) is 4.80. The molecule has 0 bridgehead atoms. The van der Waals surface area contributed by atoms with E-state index in [1.807, 2.05) is 80.6 Å². The van der Waals surface area contributed by atoms with Crippen molar-refractivity contribution in [1.82, 2.24) is 10.4 Å². The molecule has 0 aromatic heterocycles. The van der Waals surface area contributed by atoms with Gasteiger partial charge in [-0.15, -0.1) is 0 Å². The van der Waals surface area contributed by atoms with Crippen molar-refractivity contribution in [3.8, 4) is 0 Å². The van der Waals surface area contributed by atoms with Crippen LogP contribution >= 0.6 is 0 Å². The average molecular weight is 395 g/mol. The van der Waals surface area contributed by atoms with Gasteiger partial charge in [0.15, 0.2) is 5.84 Å². The maximum absolute atomic E-state index is 13.2. The lowest BCUT2D eigenvalue weighted by atomic mass is 10.1. The van der Waals surface area contributed by atoms with Gasteiger partial charge in [-0.25, -0.2) is 4.99 Å². The molecule has 1 heterocycles. The van der Waals surface area contributed by atoms with Crippen LogP contribution in [0.3, 0.4) is 0 Å². The van der Waals surface area contributed by atoms with Crippen molar-refractivity contribution >= 4 is 23.7 Å². The van der Waals surface area contributed by atoms with Crippen molar-refractivity contribution in [3.63, 3.8) is 0 Å². The molecule has 148 valence electrons. The summed E-state index contributed by atoms with van der Waals surface area (Å²) in [7, 11) is 0. The Morgan fingerprint density at radius 2 is 1.47 bits per heavy atom. The largest absolute Gasteiger partial charge is 0.288 e. The van der Waals surface area contributed by atoms with Crippen molar-refractivity contribution in [1.29, 1.82) is 0 Å². The van der Waals surface area contributed by atoms with Crippen LogP contribution in [-0.4, -0.2) is 22.7 Å². The summed E-state index contributed by atoms with van der Waals surface area (Å²) in [6.45, 7) is 3.96. The van der Waals surface area contributed by atoms with E-state index in [4.69, 9.17) is 0 Å². The molecule has 0 atom stereocenters. The van der Waals surface area contributed by atoms with Gasteiger partial charge in [-0.2, -0.15) is 5.01 Å². The van der Waals surface area contributed by atoms with Crippen LogP contribution in [-0.2, 0) is 4.79 Å². The van der Waals surface area contributed by atoms with E-state index in [0.717, 1.165) is 22.3 Å². The van der Waals surface area contributed by atoms with E-state index in [0.29, 0.717) is 11.4 Å². The fraction of sp³-hybridized carbons (Fsp3) is 0.0800. The smallest absolute Gasteiger partial charge is 0.267 e. The molecule has 0 radical (unpaired) electrons. The number of amides is 2. The number of carbonyl (C=O) groups is 2. The van der Waals surface area contributed by atoms with Crippen molar-refractivity contribution in [2.75, 3.05) is 0 Å². The zero-order valence-corrected chi connectivity index (χ0v) is 16.8. The molecule has 2 amide bonds. The SMILES string of the molecule is Cc1ccc(/C=C2/N=C(c3ccccc3)N(C(=O)c3ccc(C)cc3)NC2=O)cc1. The van der Waals surface area contributed by atoms with Crippen LogP contribution in [0.1, 0.15) is 32.6 Å². The molecule has 1 aliphatic heterocycles. The van der Waals surface area contributed by atoms with Gasteiger partial charge in [0.25, 0.3) is 11.8 Å². The van der Waals surface area contributed by atoms with Gasteiger partial charge >= 0.3 is 0 Å². The Kier molecular flexibility index (Phi) is 5.26. The molecule has 3 aromatic rings. The fourth-order valence-corrected chi connectivity index (χ4v) is 3.10. The van der Waals surface area contributed by atoms with E-state index in [9.17, 15) is 9.59 Å². The molecule has 3 aromatic carbocycles. The van der Waals surface area contributed by atoms with Crippen LogP contribution in [0.2, 0.25) is 0 Å². The molecule has 0 unspecified atom stereocenters. The molecular formula is C25H21N3O2. The first-order valence-electron chi connectivity index (χ1n) is 9.66. The van der Waals surface area contributed by atoms with Gasteiger partial charge in [-0.05, 0) is 37.6 Å². The molecule has 4 rings (SSSR count). The van der Waals surface area contributed by atoms with Gasteiger partial charge < -0.3 is 0 Å². The summed E-state index contributed by atoms with van der Waals surface area (Å²) in [6, 6.07) is 24.3. The highest BCUT2D eigenvalue weighted by molar-refractivity contribution is 6.18. The molecule has 0 saturated heterocycles. The minimum Gasteiger partial charge on any atom is -0.267 e. The Labute approximate surface area is 175 Å². The summed E-state index contributed by atoms with van der Waals surface area (Å²) < 4.78 is 0. The second-order valence-electron chi connectivity index (χ2n) is 7.19. The second kappa shape index (κ2) is 8.17. The topological polar surface area (TPSA) is 61.8 Å². The molecular weight excluding hydrogens is 374 g/mol. The molecule has 0 saturated carbocycles. The Hall–Kier alpha value is -3.99. The zero-order chi connectivity index (χ0) is 21.1. The molecule has 0 spiro atoms. The summed E-state index contributed by atoms with van der Waals surface area (Å²) in [6.07, 6.45) is 1.71. The number of hydrogen-bond acceptors (Lipinski definition) is 3. The lowest BCUT2D eigenvalue weighted by Gasteiger charge is -2.28. The molecule has 0 aliphatic carbocycles. The lowest BCUT2D eigenvalue weighted by molar-refractivity contribution is -0.120. The molecule has 5 nitrogen and oxygen atoms in total. The highest BCUT2D eigenvalue weighted by Crippen LogP contribution is 2.19. The van der Waals surface area contributed by atoms with Crippen LogP contribution in [0.25, 0.3) is 6.08 Å². The number of benzene rings is 3. The quantitative estimate of drug-likeness (QED) is 0.673. The number of aliphatic imine (C=N–C) groups is 1. The summed E-state index contributed by atoms with van der Waals surface area (Å²) in [5.74, 6) is -0.407. The van der Waals surface area contributed by atoms with Gasteiger partial charge in [0.2, 0.25) is 0 Å². The number of nitrogens with one attached hydrogen (secondary N) is 1. The first-order chi connectivity index (χ1) is 14.5. The molecule has 0 fully saturated rings. The van der Waals surface area contributed by atoms with E-state index in [2.05, 4.69) is 10.4 Å². The Morgan fingerprint density at radius 1 is 0.867 bits per heavy atom. The molecule has 5 heteroatoms. The maximum Gasteiger partial charge on any atom is 0.288 e. The highest BCUT2D eigenvalue weighted by Gasteiger charge is 2.30. The molecule has 30 heavy (non-hydrogen) atoms. The number of hydrazine groups is 1. The van der Waals surface area contributed by atoms with E-state index in [1.54, 1.807) is 18.2 Å². The van der Waals surface area contributed by atoms with Crippen molar-refractivity contribution in [2.45, 2.75) is 13.8 Å². The Morgan fingerprint density at radius 3 is 2.10 bits per heavy atom. The van der Waals surface area contributed by atoms with Gasteiger partial charge in [-0.1, -0.05) is 77.9 Å². The third kappa shape index (κ3) is 4.05. The van der Waals surface area contributed by atoms with Crippen molar-refractivity contribution in [3.05, 3.63) is 112 Å². The van der Waals surface area contributed by atoms with Gasteiger partial charge in [-0.3, -0.25) is 15.0 Å². The second-order valence-corrected chi connectivity index (χ2v) is 7.19. The van der Waals surface area contributed by atoms with Crippen LogP contribution < -0.4 is 5.43 Å². The van der Waals surface area contributed by atoms with Crippen LogP contribution in [0.4, 0.5) is 0 Å². The molecule has 1 N–H and O–H groups in total. The average Bonchev–Trinajstić information content (AvgIpc) is 2.77. The first-order valence-corrected chi connectivity index (χ1v) is 9.66. The number of nitrogens with zero attached hydrogens (tertiary/aromatic N) is 2. The fourth-order valence-electron chi connectivity index (χ4n) is 3.10. The van der Waals surface area contributed by atoms with Gasteiger partial charge in [0.05, 0.1) is 0 Å². The summed E-state index contributed by atoms with van der Waals surface area (Å²) >= 11 is 0. The summed E-state index contributed by atoms with van der Waals surface area (Å²) in [5, 5.41) is 1.22. The van der Waals surface area contributed by atoms with Crippen molar-refractivity contribution < 1.29 is 9.59 Å². The molecule has 1 aliphatic rings. The number of amidine groups is 1. The predicted octanol–water partition coefficient (Wildman–Crippen LogP) is 4.28. The van der Waals surface area contributed by atoms with E-state index in [-0.39, 0.29) is 11.6 Å². The van der Waals surface area contributed by atoms with E-state index < -0.39 is 5.91 Å². The van der Waals surface area contributed by atoms with Crippen LogP contribution in [0.5, 0.6) is 0 Å². The minimum atomic E-state index is -0.435. The minimum absolute atomic E-state index is 0.241. The zero-order valence-electron chi connectivity index (χ0n) is 16.8. The normalized spacial score (nSPS) is 15.0. The van der Waals surface area contributed by atoms with E-state index >= 15 is 0 Å². The van der Waals surface area contributed by atoms with E-state index in [1.165, 1.54) is 5.01 Å². The van der Waals surface area contributed by atoms with Gasteiger partial charge in [0.1, 0.15) is 5.70 Å². The first kappa shape index (κ1) is 19.3. The number of hydrogen-bond donors (Lipinski definition) is 1. The highest BCUT2D eigenvalue weighted by atomic mass is 16.2. The Bertz CT molecular complexity index is 1150. The van der Waals surface area contributed by atoms with Crippen molar-refractivity contribution in [2.24, 2.45) is 4.99 Å². The monoisotopic (exact) mass is 395 g/mol. The van der Waals surface area contributed by atoms with Crippen LogP contribution in [0.15, 0.2) is 89.6 Å². The third-order valence-corrected chi connectivity index (χ3v) is 4.80. The summed E-state index contributed by atoms with van der Waals surface area (Å²) in [5.41, 5.74) is 7.19. The number of rotatable bonds is 3. The van der Waals surface area contributed by atoms with Crippen LogP contribution in [0, 0.1) is 13.8 Å². The standard InChI is InChI=1S/C25H21N3O2/c1-17-8-12-19(13-9-17)16-22-24(29)27-28(23(26-22)20-6-4-3-5-7-20)25(30)21-14-10-18(2)11-15-21/h3-16H,1-2H3,(H,27,29)/b22-16+. The van der Waals surface area contributed by atoms with Gasteiger partial charge in [0, 0.05) is 11.1 Å². The predicted molar refractivity (Wildman–Crippen MR) is 118 cm³/mol. The summed E-state index contributed by atoms with van der Waals surface area (Å²) in [4.78, 5) is 30.5. The maximum atomic E-state index is 13.2.